The maximum atomic E-state index is 12.0. The smallest absolute Gasteiger partial charge is 0.223 e. The van der Waals surface area contributed by atoms with Crippen LogP contribution < -0.4 is 5.32 Å². The zero-order valence-electron chi connectivity index (χ0n) is 11.0. The van der Waals surface area contributed by atoms with Gasteiger partial charge in [-0.05, 0) is 25.7 Å². The fourth-order valence-electron chi connectivity index (χ4n) is 2.42. The number of nitrogens with one attached hydrogen (secondary N) is 1. The Balaban J connectivity index is 2.20. The van der Waals surface area contributed by atoms with Gasteiger partial charge in [-0.3, -0.25) is 4.79 Å². The fourth-order valence-corrected chi connectivity index (χ4v) is 2.65. The molecule has 0 aromatic carbocycles. The van der Waals surface area contributed by atoms with Crippen LogP contribution in [0.5, 0.6) is 0 Å². The van der Waals surface area contributed by atoms with E-state index in [1.807, 2.05) is 0 Å². The quantitative estimate of drug-likeness (QED) is 0.763. The third kappa shape index (κ3) is 6.44. The SMILES string of the molecule is CCC(Br)CCNC(=O)C1CCCCCCC1. The van der Waals surface area contributed by atoms with E-state index in [1.54, 1.807) is 0 Å². The van der Waals surface area contributed by atoms with E-state index in [0.29, 0.717) is 10.7 Å². The number of halogens is 1. The summed E-state index contributed by atoms with van der Waals surface area (Å²) in [6.45, 7) is 2.98. The highest BCUT2D eigenvalue weighted by atomic mass is 79.9. The van der Waals surface area contributed by atoms with Crippen LogP contribution in [0.15, 0.2) is 0 Å². The van der Waals surface area contributed by atoms with Crippen molar-refractivity contribution in [2.24, 2.45) is 5.92 Å². The Morgan fingerprint density at radius 1 is 1.24 bits per heavy atom. The Hall–Kier alpha value is -0.0500. The molecule has 0 aromatic rings. The maximum absolute atomic E-state index is 12.0. The molecule has 1 fully saturated rings. The molecule has 1 aliphatic carbocycles. The van der Waals surface area contributed by atoms with Crippen LogP contribution in [0.2, 0.25) is 0 Å². The molecular formula is C14H26BrNO. The van der Waals surface area contributed by atoms with E-state index in [9.17, 15) is 4.79 Å². The van der Waals surface area contributed by atoms with Gasteiger partial charge in [-0.15, -0.1) is 0 Å². The number of alkyl halides is 1. The van der Waals surface area contributed by atoms with Crippen molar-refractivity contribution in [1.29, 1.82) is 0 Å². The van der Waals surface area contributed by atoms with Gasteiger partial charge in [0.25, 0.3) is 0 Å². The normalized spacial score (nSPS) is 20.4. The van der Waals surface area contributed by atoms with Gasteiger partial charge in [0, 0.05) is 17.3 Å². The van der Waals surface area contributed by atoms with E-state index in [1.165, 1.54) is 32.1 Å². The summed E-state index contributed by atoms with van der Waals surface area (Å²) in [5.41, 5.74) is 0. The van der Waals surface area contributed by atoms with Crippen LogP contribution in [0.4, 0.5) is 0 Å². The highest BCUT2D eigenvalue weighted by Gasteiger charge is 2.18. The van der Waals surface area contributed by atoms with Crippen molar-refractivity contribution in [3.8, 4) is 0 Å². The lowest BCUT2D eigenvalue weighted by Gasteiger charge is -2.19. The minimum Gasteiger partial charge on any atom is -0.356 e. The van der Waals surface area contributed by atoms with Crippen molar-refractivity contribution in [3.05, 3.63) is 0 Å². The Labute approximate surface area is 114 Å². The van der Waals surface area contributed by atoms with Gasteiger partial charge in [0.15, 0.2) is 0 Å². The largest absolute Gasteiger partial charge is 0.356 e. The van der Waals surface area contributed by atoms with Crippen LogP contribution in [-0.4, -0.2) is 17.3 Å². The topological polar surface area (TPSA) is 29.1 Å². The molecule has 1 N–H and O–H groups in total. The summed E-state index contributed by atoms with van der Waals surface area (Å²) in [7, 11) is 0. The minimum absolute atomic E-state index is 0.283. The first-order chi connectivity index (χ1) is 8.24. The van der Waals surface area contributed by atoms with E-state index in [-0.39, 0.29) is 5.92 Å². The van der Waals surface area contributed by atoms with Crippen LogP contribution >= 0.6 is 15.9 Å². The molecule has 0 saturated heterocycles. The zero-order valence-corrected chi connectivity index (χ0v) is 12.6. The van der Waals surface area contributed by atoms with Crippen molar-refractivity contribution in [2.45, 2.75) is 69.5 Å². The number of rotatable bonds is 5. The van der Waals surface area contributed by atoms with Gasteiger partial charge < -0.3 is 5.32 Å². The van der Waals surface area contributed by atoms with Crippen LogP contribution in [-0.2, 0) is 4.79 Å². The third-order valence-electron chi connectivity index (χ3n) is 3.68. The second kappa shape index (κ2) is 8.96. The molecule has 1 rings (SSSR count). The lowest BCUT2D eigenvalue weighted by Crippen LogP contribution is -2.32. The Morgan fingerprint density at radius 3 is 2.41 bits per heavy atom. The summed E-state index contributed by atoms with van der Waals surface area (Å²) >= 11 is 3.59. The van der Waals surface area contributed by atoms with E-state index in [4.69, 9.17) is 0 Å². The van der Waals surface area contributed by atoms with Crippen molar-refractivity contribution in [2.75, 3.05) is 6.54 Å². The van der Waals surface area contributed by atoms with E-state index in [2.05, 4.69) is 28.2 Å². The molecule has 1 atom stereocenters. The van der Waals surface area contributed by atoms with Gasteiger partial charge in [0.05, 0.1) is 0 Å². The number of hydrogen-bond acceptors (Lipinski definition) is 1. The van der Waals surface area contributed by atoms with E-state index >= 15 is 0 Å². The molecule has 1 unspecified atom stereocenters. The highest BCUT2D eigenvalue weighted by Crippen LogP contribution is 2.22. The standard InChI is InChI=1S/C14H26BrNO/c1-2-13(15)10-11-16-14(17)12-8-6-4-3-5-7-9-12/h12-13H,2-11H2,1H3,(H,16,17). The molecule has 0 bridgehead atoms. The van der Waals surface area contributed by atoms with Crippen molar-refractivity contribution >= 4 is 21.8 Å². The molecular weight excluding hydrogens is 278 g/mol. The molecule has 0 heterocycles. The Kier molecular flexibility index (Phi) is 7.91. The Morgan fingerprint density at radius 2 is 1.82 bits per heavy atom. The summed E-state index contributed by atoms with van der Waals surface area (Å²) in [6.07, 6.45) is 10.8. The number of hydrogen-bond donors (Lipinski definition) is 1. The molecule has 0 aromatic heterocycles. The Bertz CT molecular complexity index is 212. The van der Waals surface area contributed by atoms with Crippen molar-refractivity contribution in [3.63, 3.8) is 0 Å². The molecule has 0 radical (unpaired) electrons. The highest BCUT2D eigenvalue weighted by molar-refractivity contribution is 9.09. The summed E-state index contributed by atoms with van der Waals surface area (Å²) in [6, 6.07) is 0. The lowest BCUT2D eigenvalue weighted by molar-refractivity contribution is -0.125. The monoisotopic (exact) mass is 303 g/mol. The fraction of sp³-hybridized carbons (Fsp3) is 0.929. The number of carbonyl (C=O) groups excluding carboxylic acids is 1. The van der Waals surface area contributed by atoms with E-state index in [0.717, 1.165) is 32.2 Å². The molecule has 100 valence electrons. The van der Waals surface area contributed by atoms with Gasteiger partial charge in [0.2, 0.25) is 5.91 Å². The molecule has 2 nitrogen and oxygen atoms in total. The van der Waals surface area contributed by atoms with Gasteiger partial charge in [0.1, 0.15) is 0 Å². The molecule has 0 spiro atoms. The lowest BCUT2D eigenvalue weighted by atomic mass is 9.90. The van der Waals surface area contributed by atoms with Gasteiger partial charge in [-0.1, -0.05) is 55.0 Å². The van der Waals surface area contributed by atoms with Crippen LogP contribution in [0.3, 0.4) is 0 Å². The average molecular weight is 304 g/mol. The molecule has 1 aliphatic rings. The third-order valence-corrected chi connectivity index (χ3v) is 4.78. The molecule has 3 heteroatoms. The minimum atomic E-state index is 0.283. The molecule has 17 heavy (non-hydrogen) atoms. The summed E-state index contributed by atoms with van der Waals surface area (Å²) in [4.78, 5) is 12.5. The summed E-state index contributed by atoms with van der Waals surface area (Å²) in [5, 5.41) is 3.10. The average Bonchev–Trinajstić information content (AvgIpc) is 2.28. The van der Waals surface area contributed by atoms with Crippen LogP contribution in [0.1, 0.15) is 64.7 Å². The van der Waals surface area contributed by atoms with Gasteiger partial charge >= 0.3 is 0 Å². The molecule has 1 saturated carbocycles. The second-order valence-corrected chi connectivity index (χ2v) is 6.42. The van der Waals surface area contributed by atoms with Crippen LogP contribution in [0.25, 0.3) is 0 Å². The van der Waals surface area contributed by atoms with Crippen molar-refractivity contribution in [1.82, 2.24) is 5.32 Å². The van der Waals surface area contributed by atoms with Gasteiger partial charge in [-0.2, -0.15) is 0 Å². The van der Waals surface area contributed by atoms with Crippen LogP contribution in [0, 0.1) is 5.92 Å². The predicted octanol–water partition coefficient (Wildman–Crippen LogP) is 4.03. The second-order valence-electron chi connectivity index (χ2n) is 5.13. The first-order valence-corrected chi connectivity index (χ1v) is 8.07. The summed E-state index contributed by atoms with van der Waals surface area (Å²) in [5.74, 6) is 0.577. The predicted molar refractivity (Wildman–Crippen MR) is 76.4 cm³/mol. The van der Waals surface area contributed by atoms with Gasteiger partial charge in [-0.25, -0.2) is 0 Å². The zero-order chi connectivity index (χ0) is 12.5. The van der Waals surface area contributed by atoms with Crippen molar-refractivity contribution < 1.29 is 4.79 Å². The first kappa shape index (κ1) is 15.0. The molecule has 1 amide bonds. The first-order valence-electron chi connectivity index (χ1n) is 7.15. The number of amides is 1. The maximum Gasteiger partial charge on any atom is 0.223 e. The van der Waals surface area contributed by atoms with E-state index < -0.39 is 0 Å². The number of carbonyl (C=O) groups is 1. The molecule has 0 aliphatic heterocycles. The summed E-state index contributed by atoms with van der Waals surface area (Å²) < 4.78 is 0.